The van der Waals surface area contributed by atoms with Gasteiger partial charge < -0.3 is 10.1 Å². The second-order valence-electron chi connectivity index (χ2n) is 6.16. The molecule has 0 saturated heterocycles. The second-order valence-corrected chi connectivity index (χ2v) is 6.16. The van der Waals surface area contributed by atoms with Gasteiger partial charge in [-0.3, -0.25) is 4.98 Å². The Hall–Kier alpha value is -3.87. The fraction of sp³-hybridized carbons (Fsp3) is 0.0455. The number of benzene rings is 2. The quantitative estimate of drug-likeness (QED) is 0.494. The number of halogens is 2. The van der Waals surface area contributed by atoms with Crippen molar-refractivity contribution in [3.05, 3.63) is 108 Å². The minimum absolute atomic E-state index is 0.282. The minimum atomic E-state index is -0.465. The molecule has 0 aliphatic carbocycles. The Bertz CT molecular complexity index is 1090. The number of nitrogens with zero attached hydrogens (tertiary/aromatic N) is 3. The van der Waals surface area contributed by atoms with Crippen LogP contribution in [0.1, 0.15) is 17.3 Å². The Morgan fingerprint density at radius 2 is 1.66 bits per heavy atom. The lowest BCUT2D eigenvalue weighted by Gasteiger charge is -2.19. The van der Waals surface area contributed by atoms with E-state index >= 15 is 0 Å². The third kappa shape index (κ3) is 4.70. The summed E-state index contributed by atoms with van der Waals surface area (Å²) < 4.78 is 32.5. The Kier molecular flexibility index (Phi) is 5.38. The predicted molar refractivity (Wildman–Crippen MR) is 105 cm³/mol. The average Bonchev–Trinajstić information content (AvgIpc) is 2.75. The van der Waals surface area contributed by atoms with Crippen molar-refractivity contribution >= 4 is 5.95 Å². The molecule has 0 aliphatic rings. The summed E-state index contributed by atoms with van der Waals surface area (Å²) in [6.07, 6.45) is 3.20. The number of nitrogens with one attached hydrogen (secondary N) is 1. The molecule has 2 heterocycles. The number of rotatable bonds is 6. The molecule has 0 spiro atoms. The third-order valence-corrected chi connectivity index (χ3v) is 4.11. The number of hydrogen-bond donors (Lipinski definition) is 1. The molecule has 5 nitrogen and oxygen atoms in total. The summed E-state index contributed by atoms with van der Waals surface area (Å²) in [6.45, 7) is 0. The van der Waals surface area contributed by atoms with Gasteiger partial charge in [0.2, 0.25) is 11.8 Å². The molecule has 7 heteroatoms. The van der Waals surface area contributed by atoms with Crippen LogP contribution in [0.25, 0.3) is 0 Å². The summed E-state index contributed by atoms with van der Waals surface area (Å²) >= 11 is 0. The molecular weight excluding hydrogens is 374 g/mol. The van der Waals surface area contributed by atoms with Crippen LogP contribution >= 0.6 is 0 Å². The van der Waals surface area contributed by atoms with E-state index in [4.69, 9.17) is 4.74 Å². The highest BCUT2D eigenvalue weighted by molar-refractivity contribution is 5.40. The van der Waals surface area contributed by atoms with Gasteiger partial charge in [0, 0.05) is 18.5 Å². The van der Waals surface area contributed by atoms with E-state index in [-0.39, 0.29) is 23.5 Å². The van der Waals surface area contributed by atoms with E-state index in [1.54, 1.807) is 30.5 Å². The fourth-order valence-corrected chi connectivity index (χ4v) is 2.78. The molecule has 0 radical (unpaired) electrons. The van der Waals surface area contributed by atoms with Gasteiger partial charge >= 0.3 is 0 Å². The average molecular weight is 390 g/mol. The van der Waals surface area contributed by atoms with Gasteiger partial charge in [-0.25, -0.2) is 13.8 Å². The highest BCUT2D eigenvalue weighted by Gasteiger charge is 2.17. The highest BCUT2D eigenvalue weighted by Crippen LogP contribution is 2.26. The zero-order valence-corrected chi connectivity index (χ0v) is 15.2. The number of pyridine rings is 1. The molecule has 29 heavy (non-hydrogen) atoms. The first-order valence-electron chi connectivity index (χ1n) is 8.87. The first-order valence-corrected chi connectivity index (χ1v) is 8.87. The summed E-state index contributed by atoms with van der Waals surface area (Å²) in [6, 6.07) is 18.5. The molecule has 0 amide bonds. The molecular formula is C22H16F2N4O. The minimum Gasteiger partial charge on any atom is -0.439 e. The summed E-state index contributed by atoms with van der Waals surface area (Å²) in [5.74, 6) is 0.315. The fourth-order valence-electron chi connectivity index (χ4n) is 2.78. The van der Waals surface area contributed by atoms with E-state index < -0.39 is 6.04 Å². The van der Waals surface area contributed by atoms with Crippen LogP contribution in [-0.4, -0.2) is 15.0 Å². The van der Waals surface area contributed by atoms with E-state index in [0.29, 0.717) is 17.0 Å². The van der Waals surface area contributed by atoms with Crippen molar-refractivity contribution in [2.24, 2.45) is 0 Å². The van der Waals surface area contributed by atoms with Crippen molar-refractivity contribution in [3.63, 3.8) is 0 Å². The molecule has 0 fully saturated rings. The van der Waals surface area contributed by atoms with Crippen molar-refractivity contribution in [1.29, 1.82) is 0 Å². The molecule has 1 atom stereocenters. The van der Waals surface area contributed by atoms with Crippen LogP contribution in [-0.2, 0) is 0 Å². The van der Waals surface area contributed by atoms with Crippen LogP contribution < -0.4 is 10.1 Å². The molecule has 0 bridgehead atoms. The number of aromatic nitrogens is 3. The summed E-state index contributed by atoms with van der Waals surface area (Å²) in [5.41, 5.74) is 1.36. The van der Waals surface area contributed by atoms with Crippen molar-refractivity contribution < 1.29 is 13.5 Å². The summed E-state index contributed by atoms with van der Waals surface area (Å²) in [4.78, 5) is 12.9. The van der Waals surface area contributed by atoms with Crippen molar-refractivity contribution in [3.8, 4) is 11.6 Å². The van der Waals surface area contributed by atoms with Gasteiger partial charge in [-0.15, -0.1) is 0 Å². The van der Waals surface area contributed by atoms with Crippen molar-refractivity contribution in [2.75, 3.05) is 5.32 Å². The van der Waals surface area contributed by atoms with Crippen molar-refractivity contribution in [2.45, 2.75) is 6.04 Å². The molecule has 4 rings (SSSR count). The van der Waals surface area contributed by atoms with Crippen LogP contribution in [0, 0.1) is 11.6 Å². The van der Waals surface area contributed by atoms with Crippen LogP contribution in [0.5, 0.6) is 11.6 Å². The van der Waals surface area contributed by atoms with Gasteiger partial charge in [-0.2, -0.15) is 4.98 Å². The molecule has 144 valence electrons. The molecule has 0 aliphatic heterocycles. The smallest absolute Gasteiger partial charge is 0.226 e. The maximum Gasteiger partial charge on any atom is 0.226 e. The van der Waals surface area contributed by atoms with Crippen molar-refractivity contribution in [1.82, 2.24) is 15.0 Å². The molecule has 4 aromatic rings. The van der Waals surface area contributed by atoms with E-state index in [1.165, 1.54) is 42.6 Å². The lowest BCUT2D eigenvalue weighted by atomic mass is 10.0. The Morgan fingerprint density at radius 1 is 0.793 bits per heavy atom. The zero-order chi connectivity index (χ0) is 20.1. The molecule has 1 N–H and O–H groups in total. The van der Waals surface area contributed by atoms with E-state index in [1.807, 2.05) is 12.1 Å². The Labute approximate surface area is 166 Å². The number of anilines is 1. The van der Waals surface area contributed by atoms with E-state index in [9.17, 15) is 8.78 Å². The lowest BCUT2D eigenvalue weighted by molar-refractivity contribution is 0.460. The van der Waals surface area contributed by atoms with Gasteiger partial charge in [-0.1, -0.05) is 18.2 Å². The van der Waals surface area contributed by atoms with Gasteiger partial charge in [-0.05, 0) is 54.1 Å². The maximum atomic E-state index is 13.8. The first kappa shape index (κ1) is 18.5. The third-order valence-electron chi connectivity index (χ3n) is 4.11. The van der Waals surface area contributed by atoms with Crippen LogP contribution in [0.2, 0.25) is 0 Å². The molecule has 0 saturated carbocycles. The zero-order valence-electron chi connectivity index (χ0n) is 15.2. The largest absolute Gasteiger partial charge is 0.439 e. The van der Waals surface area contributed by atoms with Gasteiger partial charge in [0.25, 0.3) is 0 Å². The van der Waals surface area contributed by atoms with E-state index in [2.05, 4.69) is 20.3 Å². The van der Waals surface area contributed by atoms with Crippen LogP contribution in [0.3, 0.4) is 0 Å². The number of hydrogen-bond acceptors (Lipinski definition) is 5. The highest BCUT2D eigenvalue weighted by atomic mass is 19.1. The summed E-state index contributed by atoms with van der Waals surface area (Å²) in [5, 5.41) is 3.18. The molecule has 2 aromatic carbocycles. The topological polar surface area (TPSA) is 59.9 Å². The molecule has 2 aromatic heterocycles. The first-order chi connectivity index (χ1) is 14.2. The van der Waals surface area contributed by atoms with Gasteiger partial charge in [0.15, 0.2) is 0 Å². The normalized spacial score (nSPS) is 11.7. The predicted octanol–water partition coefficient (Wildman–Crippen LogP) is 5.14. The van der Waals surface area contributed by atoms with Crippen LogP contribution in [0.4, 0.5) is 14.7 Å². The second kappa shape index (κ2) is 8.43. The van der Waals surface area contributed by atoms with Crippen LogP contribution in [0.15, 0.2) is 85.2 Å². The molecule has 1 unspecified atom stereocenters. The van der Waals surface area contributed by atoms with Gasteiger partial charge in [0.1, 0.15) is 17.4 Å². The van der Waals surface area contributed by atoms with Gasteiger partial charge in [0.05, 0.1) is 11.7 Å². The lowest BCUT2D eigenvalue weighted by Crippen LogP contribution is -2.16. The number of ether oxygens (including phenoxy) is 1. The SMILES string of the molecule is Fc1ccc(Oc2ccnc(NC(c3cccc(F)c3)c3ccccn3)n2)cc1. The Balaban J connectivity index is 1.61. The van der Waals surface area contributed by atoms with E-state index in [0.717, 1.165) is 0 Å². The Morgan fingerprint density at radius 3 is 2.41 bits per heavy atom. The maximum absolute atomic E-state index is 13.8. The monoisotopic (exact) mass is 390 g/mol. The summed E-state index contributed by atoms with van der Waals surface area (Å²) in [7, 11) is 0. The standard InChI is InChI=1S/C22H16F2N4O/c23-16-7-9-18(10-8-16)29-20-11-13-26-22(27-20)28-21(19-6-1-2-12-25-19)15-4-3-5-17(24)14-15/h1-14,21H,(H,26,27,28).